The van der Waals surface area contributed by atoms with Crippen molar-refractivity contribution in [2.24, 2.45) is 5.10 Å². The van der Waals surface area contributed by atoms with Gasteiger partial charge in [0.15, 0.2) is 0 Å². The first kappa shape index (κ1) is 23.5. The van der Waals surface area contributed by atoms with E-state index in [1.165, 1.54) is 40.7 Å². The summed E-state index contributed by atoms with van der Waals surface area (Å²) in [6, 6.07) is 9.14. The molecule has 0 saturated carbocycles. The summed E-state index contributed by atoms with van der Waals surface area (Å²) in [5.74, 6) is -0.0150. The first-order valence-electron chi connectivity index (χ1n) is 9.40. The molecule has 32 heavy (non-hydrogen) atoms. The molecule has 0 amide bonds. The smallest absolute Gasteiger partial charge is 0.387 e. The number of rotatable bonds is 8. The fraction of sp³-hybridized carbons (Fsp3) is 0.316. The van der Waals surface area contributed by atoms with Crippen molar-refractivity contribution < 1.29 is 31.6 Å². The number of halogens is 2. The maximum Gasteiger partial charge on any atom is 0.387 e. The zero-order chi connectivity index (χ0) is 23.3. The Balaban J connectivity index is 1.89. The van der Waals surface area contributed by atoms with E-state index in [-0.39, 0.29) is 48.3 Å². The lowest BCUT2D eigenvalue weighted by Gasteiger charge is -2.26. The number of anilines is 1. The average Bonchev–Trinajstić information content (AvgIpc) is 2.78. The number of hydrazone groups is 1. The molecule has 1 heterocycles. The van der Waals surface area contributed by atoms with Crippen LogP contribution in [-0.2, 0) is 14.8 Å². The Morgan fingerprint density at radius 2 is 1.88 bits per heavy atom. The molecule has 2 aromatic rings. The van der Waals surface area contributed by atoms with Gasteiger partial charge in [0.2, 0.25) is 10.0 Å². The van der Waals surface area contributed by atoms with Crippen LogP contribution in [0, 0.1) is 10.1 Å². The van der Waals surface area contributed by atoms with Gasteiger partial charge in [-0.25, -0.2) is 8.42 Å². The fourth-order valence-electron chi connectivity index (χ4n) is 2.94. The van der Waals surface area contributed by atoms with Crippen LogP contribution in [0.5, 0.6) is 5.75 Å². The molecule has 13 heteroatoms. The highest BCUT2D eigenvalue weighted by Gasteiger charge is 2.30. The molecule has 1 N–H and O–H groups in total. The van der Waals surface area contributed by atoms with E-state index in [1.807, 2.05) is 0 Å². The number of hydrogen-bond acceptors (Lipinski definition) is 8. The number of ether oxygens (including phenoxy) is 2. The van der Waals surface area contributed by atoms with Gasteiger partial charge < -0.3 is 9.47 Å². The van der Waals surface area contributed by atoms with Crippen LogP contribution in [0.25, 0.3) is 0 Å². The van der Waals surface area contributed by atoms with Crippen molar-refractivity contribution in [1.29, 1.82) is 0 Å². The van der Waals surface area contributed by atoms with Crippen molar-refractivity contribution in [2.45, 2.75) is 18.4 Å². The van der Waals surface area contributed by atoms with Crippen molar-refractivity contribution in [1.82, 2.24) is 4.31 Å². The largest absolute Gasteiger partial charge is 0.435 e. The summed E-state index contributed by atoms with van der Waals surface area (Å²) in [4.78, 5) is 10.2. The summed E-state index contributed by atoms with van der Waals surface area (Å²) in [5.41, 5.74) is 3.31. The number of nitro benzene ring substituents is 1. The Kier molecular flexibility index (Phi) is 7.33. The van der Waals surface area contributed by atoms with Crippen LogP contribution in [0.1, 0.15) is 12.5 Å². The van der Waals surface area contributed by atoms with Crippen molar-refractivity contribution >= 4 is 27.1 Å². The lowest BCUT2D eigenvalue weighted by Crippen LogP contribution is -2.40. The predicted molar refractivity (Wildman–Crippen MR) is 112 cm³/mol. The summed E-state index contributed by atoms with van der Waals surface area (Å²) >= 11 is 0. The van der Waals surface area contributed by atoms with Crippen molar-refractivity contribution in [3.05, 3.63) is 58.1 Å². The van der Waals surface area contributed by atoms with Gasteiger partial charge in [0, 0.05) is 25.2 Å². The average molecular weight is 470 g/mol. The van der Waals surface area contributed by atoms with Gasteiger partial charge in [0.25, 0.3) is 5.69 Å². The van der Waals surface area contributed by atoms with Crippen molar-refractivity contribution in [2.75, 3.05) is 31.7 Å². The van der Waals surface area contributed by atoms with Gasteiger partial charge in [-0.1, -0.05) is 0 Å². The Morgan fingerprint density at radius 1 is 1.22 bits per heavy atom. The number of alkyl halides is 2. The summed E-state index contributed by atoms with van der Waals surface area (Å²) in [6.45, 7) is -0.623. The summed E-state index contributed by atoms with van der Waals surface area (Å²) in [6.07, 6.45) is 0. The summed E-state index contributed by atoms with van der Waals surface area (Å²) < 4.78 is 61.4. The topological polar surface area (TPSA) is 123 Å². The zero-order valence-electron chi connectivity index (χ0n) is 16.9. The Labute approximate surface area is 182 Å². The lowest BCUT2D eigenvalue weighted by molar-refractivity contribution is -0.385. The van der Waals surface area contributed by atoms with Crippen LogP contribution < -0.4 is 10.2 Å². The van der Waals surface area contributed by atoms with Gasteiger partial charge in [-0.2, -0.15) is 18.2 Å². The molecule has 0 spiro atoms. The van der Waals surface area contributed by atoms with E-state index in [4.69, 9.17) is 4.74 Å². The number of nitrogens with one attached hydrogen (secondary N) is 1. The van der Waals surface area contributed by atoms with E-state index in [0.29, 0.717) is 11.3 Å². The second kappa shape index (κ2) is 9.97. The van der Waals surface area contributed by atoms with Crippen LogP contribution >= 0.6 is 0 Å². The van der Waals surface area contributed by atoms with E-state index in [1.54, 1.807) is 6.92 Å². The molecule has 1 aliphatic rings. The maximum absolute atomic E-state index is 13.1. The second-order valence-corrected chi connectivity index (χ2v) is 8.57. The highest BCUT2D eigenvalue weighted by Crippen LogP contribution is 2.29. The van der Waals surface area contributed by atoms with Gasteiger partial charge >= 0.3 is 6.61 Å². The number of hydrogen-bond donors (Lipinski definition) is 1. The number of non-ortho nitro benzene ring substituents is 1. The standard InChI is InChI=1S/C19H20F2N4O6S/c1-13(14-2-5-16(6-3-14)31-19(20)21)22-23-17-7-4-15(25(26)27)12-18(17)32(28,29)24-8-10-30-11-9-24/h2-7,12,19,23H,8-11H2,1H3/b22-13+. The quantitative estimate of drug-likeness (QED) is 0.357. The molecule has 1 aliphatic heterocycles. The molecule has 10 nitrogen and oxygen atoms in total. The van der Waals surface area contributed by atoms with E-state index in [2.05, 4.69) is 15.3 Å². The van der Waals surface area contributed by atoms with Crippen LogP contribution in [0.3, 0.4) is 0 Å². The summed E-state index contributed by atoms with van der Waals surface area (Å²) in [7, 11) is -4.05. The fourth-order valence-corrected chi connectivity index (χ4v) is 4.51. The molecular weight excluding hydrogens is 450 g/mol. The van der Waals surface area contributed by atoms with Crippen LogP contribution in [-0.4, -0.2) is 56.3 Å². The van der Waals surface area contributed by atoms with E-state index < -0.39 is 21.6 Å². The molecular formula is C19H20F2N4O6S. The van der Waals surface area contributed by atoms with Gasteiger partial charge in [-0.15, -0.1) is 0 Å². The highest BCUT2D eigenvalue weighted by atomic mass is 32.2. The molecule has 0 bridgehead atoms. The molecule has 0 atom stereocenters. The zero-order valence-corrected chi connectivity index (χ0v) is 17.7. The van der Waals surface area contributed by atoms with Gasteiger partial charge in [-0.3, -0.25) is 15.5 Å². The third kappa shape index (κ3) is 5.55. The number of nitrogens with zero attached hydrogens (tertiary/aromatic N) is 3. The SMILES string of the molecule is C/C(=N\Nc1ccc([N+](=O)[O-])cc1S(=O)(=O)N1CCOCC1)c1ccc(OC(F)F)cc1. The molecule has 0 aliphatic carbocycles. The molecule has 0 radical (unpaired) electrons. The van der Waals surface area contributed by atoms with Gasteiger partial charge in [0.1, 0.15) is 10.6 Å². The van der Waals surface area contributed by atoms with Gasteiger partial charge in [-0.05, 0) is 42.8 Å². The third-order valence-corrected chi connectivity index (χ3v) is 6.54. The maximum atomic E-state index is 13.1. The minimum Gasteiger partial charge on any atom is -0.435 e. The van der Waals surface area contributed by atoms with Crippen LogP contribution in [0.15, 0.2) is 52.5 Å². The number of morpholine rings is 1. The minimum absolute atomic E-state index is 0.0150. The molecule has 1 saturated heterocycles. The van der Waals surface area contributed by atoms with E-state index in [0.717, 1.165) is 6.07 Å². The first-order valence-corrected chi connectivity index (χ1v) is 10.8. The van der Waals surface area contributed by atoms with E-state index >= 15 is 0 Å². The van der Waals surface area contributed by atoms with Crippen molar-refractivity contribution in [3.8, 4) is 5.75 Å². The van der Waals surface area contributed by atoms with Crippen LogP contribution in [0.4, 0.5) is 20.2 Å². The molecule has 2 aromatic carbocycles. The molecule has 3 rings (SSSR count). The molecule has 0 aromatic heterocycles. The number of benzene rings is 2. The number of nitro groups is 1. The Bertz CT molecular complexity index is 1100. The summed E-state index contributed by atoms with van der Waals surface area (Å²) in [5, 5.41) is 15.3. The molecule has 1 fully saturated rings. The molecule has 172 valence electrons. The third-order valence-electron chi connectivity index (χ3n) is 4.61. The minimum atomic E-state index is -4.05. The van der Waals surface area contributed by atoms with Gasteiger partial charge in [0.05, 0.1) is 29.5 Å². The highest BCUT2D eigenvalue weighted by molar-refractivity contribution is 7.89. The second-order valence-electron chi connectivity index (χ2n) is 6.67. The number of sulfonamides is 1. The monoisotopic (exact) mass is 470 g/mol. The first-order chi connectivity index (χ1) is 15.2. The van der Waals surface area contributed by atoms with Crippen LogP contribution in [0.2, 0.25) is 0 Å². The predicted octanol–water partition coefficient (Wildman–Crippen LogP) is 3.05. The lowest BCUT2D eigenvalue weighted by atomic mass is 10.1. The Morgan fingerprint density at radius 3 is 2.47 bits per heavy atom. The Hall–Kier alpha value is -3.16. The normalized spacial score (nSPS) is 15.6. The van der Waals surface area contributed by atoms with E-state index in [9.17, 15) is 27.3 Å². The molecule has 0 unspecified atom stereocenters. The van der Waals surface area contributed by atoms with Crippen molar-refractivity contribution in [3.63, 3.8) is 0 Å².